The second-order valence-electron chi connectivity index (χ2n) is 14.5. The third-order valence-electron chi connectivity index (χ3n) is 13.5. The maximum atomic E-state index is 12.8. The van der Waals surface area contributed by atoms with E-state index >= 15 is 0 Å². The lowest BCUT2D eigenvalue weighted by Crippen LogP contribution is -2.67. The van der Waals surface area contributed by atoms with Crippen LogP contribution in [0.15, 0.2) is 12.2 Å². The minimum atomic E-state index is -0.588. The molecule has 5 fully saturated rings. The van der Waals surface area contributed by atoms with Gasteiger partial charge in [-0.2, -0.15) is 0 Å². The number of rotatable bonds is 1. The molecule has 5 saturated carbocycles. The van der Waals surface area contributed by atoms with E-state index in [-0.39, 0.29) is 33.7 Å². The summed E-state index contributed by atoms with van der Waals surface area (Å²) in [6.07, 6.45) is 10.3. The van der Waals surface area contributed by atoms with Gasteiger partial charge in [0.2, 0.25) is 0 Å². The van der Waals surface area contributed by atoms with E-state index in [1.165, 1.54) is 24.8 Å². The SMILES string of the molecule is C=C1C(C)CCC2(C(=O)O)CCC3(C)C(CCC4C5(C)CCC(O)C(C)(C)C5CCC43C)C12. The Bertz CT molecular complexity index is 861. The van der Waals surface area contributed by atoms with Crippen molar-refractivity contribution in [2.45, 2.75) is 112 Å². The predicted molar refractivity (Wildman–Crippen MR) is 133 cm³/mol. The first-order valence-electron chi connectivity index (χ1n) is 13.9. The molecule has 5 rings (SSSR count). The Morgan fingerprint density at radius 2 is 1.55 bits per heavy atom. The van der Waals surface area contributed by atoms with Gasteiger partial charge in [0.25, 0.3) is 0 Å². The minimum Gasteiger partial charge on any atom is -0.481 e. The van der Waals surface area contributed by atoms with Crippen LogP contribution in [0.3, 0.4) is 0 Å². The molecule has 3 nitrogen and oxygen atoms in total. The van der Waals surface area contributed by atoms with Crippen molar-refractivity contribution < 1.29 is 15.0 Å². The van der Waals surface area contributed by atoms with E-state index < -0.39 is 11.4 Å². The molecule has 10 unspecified atom stereocenters. The van der Waals surface area contributed by atoms with Crippen LogP contribution < -0.4 is 0 Å². The molecule has 0 amide bonds. The van der Waals surface area contributed by atoms with Crippen molar-refractivity contribution >= 4 is 5.97 Å². The molecule has 0 aromatic rings. The minimum absolute atomic E-state index is 0.0236. The van der Waals surface area contributed by atoms with E-state index in [0.717, 1.165) is 44.9 Å². The largest absolute Gasteiger partial charge is 0.481 e. The van der Waals surface area contributed by atoms with Gasteiger partial charge >= 0.3 is 5.97 Å². The van der Waals surface area contributed by atoms with Gasteiger partial charge in [0.1, 0.15) is 0 Å². The third-order valence-corrected chi connectivity index (χ3v) is 13.5. The summed E-state index contributed by atoms with van der Waals surface area (Å²) in [6, 6.07) is 0. The van der Waals surface area contributed by atoms with Crippen LogP contribution >= 0.6 is 0 Å². The molecule has 0 saturated heterocycles. The summed E-state index contributed by atoms with van der Waals surface area (Å²) >= 11 is 0. The van der Waals surface area contributed by atoms with E-state index in [1.807, 2.05) is 0 Å². The molecular formula is C30H48O3. The van der Waals surface area contributed by atoms with Gasteiger partial charge in [-0.05, 0) is 115 Å². The van der Waals surface area contributed by atoms with Gasteiger partial charge < -0.3 is 10.2 Å². The molecule has 0 aromatic heterocycles. The Morgan fingerprint density at radius 3 is 2.21 bits per heavy atom. The molecule has 10 atom stereocenters. The first-order valence-corrected chi connectivity index (χ1v) is 13.9. The summed E-state index contributed by atoms with van der Waals surface area (Å²) in [5.41, 5.74) is 1.28. The topological polar surface area (TPSA) is 57.5 Å². The maximum Gasteiger partial charge on any atom is 0.310 e. The average Bonchev–Trinajstić information content (AvgIpc) is 2.74. The number of carbonyl (C=O) groups is 1. The summed E-state index contributed by atoms with van der Waals surface area (Å²) in [6.45, 7) is 19.2. The lowest BCUT2D eigenvalue weighted by molar-refractivity contribution is -0.248. The fraction of sp³-hybridized carbons (Fsp3) is 0.900. The molecule has 0 radical (unpaired) electrons. The van der Waals surface area contributed by atoms with Crippen molar-refractivity contribution in [2.24, 2.45) is 56.7 Å². The van der Waals surface area contributed by atoms with Crippen molar-refractivity contribution in [1.29, 1.82) is 0 Å². The van der Waals surface area contributed by atoms with Crippen LogP contribution in [-0.4, -0.2) is 22.3 Å². The van der Waals surface area contributed by atoms with Gasteiger partial charge in [-0.1, -0.05) is 53.7 Å². The zero-order valence-corrected chi connectivity index (χ0v) is 22.0. The zero-order chi connectivity index (χ0) is 24.2. The summed E-state index contributed by atoms with van der Waals surface area (Å²) in [5, 5.41) is 21.4. The number of aliphatic hydroxyl groups is 1. The maximum absolute atomic E-state index is 12.8. The molecule has 186 valence electrons. The number of carboxylic acids is 1. The molecule has 2 N–H and O–H groups in total. The standard InChI is InChI=1S/C30H48O3/c1-18-10-15-30(25(32)33)17-16-28(6)20(24(30)19(18)2)8-9-22-27(5)13-12-23(31)26(3,4)21(27)11-14-29(22,28)7/h18,20-24,31H,2,8-17H2,1,3-7H3,(H,32,33). The van der Waals surface area contributed by atoms with Crippen LogP contribution in [0.25, 0.3) is 0 Å². The number of aliphatic carboxylic acids is 1. The predicted octanol–water partition coefficient (Wildman–Crippen LogP) is 7.09. The van der Waals surface area contributed by atoms with E-state index in [9.17, 15) is 15.0 Å². The Kier molecular flexibility index (Phi) is 5.15. The molecule has 0 bridgehead atoms. The van der Waals surface area contributed by atoms with Crippen molar-refractivity contribution in [2.75, 3.05) is 0 Å². The third kappa shape index (κ3) is 2.75. The smallest absolute Gasteiger partial charge is 0.310 e. The van der Waals surface area contributed by atoms with Crippen LogP contribution in [0, 0.1) is 56.7 Å². The van der Waals surface area contributed by atoms with Crippen molar-refractivity contribution in [1.82, 2.24) is 0 Å². The van der Waals surface area contributed by atoms with Crippen LogP contribution in [0.5, 0.6) is 0 Å². The molecule has 0 heterocycles. The number of hydrogen-bond donors (Lipinski definition) is 2. The van der Waals surface area contributed by atoms with Crippen LogP contribution in [0.1, 0.15) is 106 Å². The molecule has 0 aliphatic heterocycles. The van der Waals surface area contributed by atoms with Crippen molar-refractivity contribution in [3.8, 4) is 0 Å². The van der Waals surface area contributed by atoms with E-state index in [1.54, 1.807) is 0 Å². The Hall–Kier alpha value is -0.830. The fourth-order valence-electron chi connectivity index (χ4n) is 11.2. The normalized spacial score (nSPS) is 55.5. The van der Waals surface area contributed by atoms with Crippen LogP contribution in [0.2, 0.25) is 0 Å². The molecule has 3 heteroatoms. The van der Waals surface area contributed by atoms with Gasteiger partial charge in [0.05, 0.1) is 11.5 Å². The zero-order valence-electron chi connectivity index (χ0n) is 22.0. The van der Waals surface area contributed by atoms with Crippen molar-refractivity contribution in [3.63, 3.8) is 0 Å². The molecular weight excluding hydrogens is 408 g/mol. The van der Waals surface area contributed by atoms with Gasteiger partial charge in [0.15, 0.2) is 0 Å². The van der Waals surface area contributed by atoms with E-state index in [2.05, 4.69) is 48.1 Å². The summed E-state index contributed by atoms with van der Waals surface area (Å²) in [7, 11) is 0. The quantitative estimate of drug-likeness (QED) is 0.414. The highest BCUT2D eigenvalue weighted by Crippen LogP contribution is 2.76. The summed E-state index contributed by atoms with van der Waals surface area (Å²) in [5.74, 6) is 1.66. The molecule has 5 aliphatic carbocycles. The Labute approximate surface area is 201 Å². The van der Waals surface area contributed by atoms with Gasteiger partial charge in [-0.25, -0.2) is 0 Å². The molecule has 0 aromatic carbocycles. The second kappa shape index (κ2) is 7.11. The fourth-order valence-corrected chi connectivity index (χ4v) is 11.2. The lowest BCUT2D eigenvalue weighted by atomic mass is 9.31. The first kappa shape index (κ1) is 23.9. The first-order chi connectivity index (χ1) is 15.3. The highest BCUT2D eigenvalue weighted by molar-refractivity contribution is 5.76. The molecule has 5 aliphatic rings. The number of hydrogen-bond acceptors (Lipinski definition) is 2. The van der Waals surface area contributed by atoms with Crippen LogP contribution in [0.4, 0.5) is 0 Å². The Morgan fingerprint density at radius 1 is 0.848 bits per heavy atom. The van der Waals surface area contributed by atoms with Crippen LogP contribution in [-0.2, 0) is 4.79 Å². The summed E-state index contributed by atoms with van der Waals surface area (Å²) in [4.78, 5) is 12.8. The number of carboxylic acid groups (broad SMARTS) is 1. The second-order valence-corrected chi connectivity index (χ2v) is 14.5. The monoisotopic (exact) mass is 456 g/mol. The lowest BCUT2D eigenvalue weighted by Gasteiger charge is -2.73. The van der Waals surface area contributed by atoms with Gasteiger partial charge in [0, 0.05) is 0 Å². The van der Waals surface area contributed by atoms with E-state index in [0.29, 0.717) is 23.7 Å². The number of fused-ring (bicyclic) bond motifs is 7. The van der Waals surface area contributed by atoms with Gasteiger partial charge in [-0.3, -0.25) is 4.79 Å². The number of allylic oxidation sites excluding steroid dienone is 1. The van der Waals surface area contributed by atoms with E-state index in [4.69, 9.17) is 0 Å². The summed E-state index contributed by atoms with van der Waals surface area (Å²) < 4.78 is 0. The molecule has 33 heavy (non-hydrogen) atoms. The highest BCUT2D eigenvalue weighted by atomic mass is 16.4. The average molecular weight is 457 g/mol. The van der Waals surface area contributed by atoms with Crippen molar-refractivity contribution in [3.05, 3.63) is 12.2 Å². The van der Waals surface area contributed by atoms with Gasteiger partial charge in [-0.15, -0.1) is 0 Å². The molecule has 0 spiro atoms. The number of aliphatic hydroxyl groups excluding tert-OH is 1. The highest BCUT2D eigenvalue weighted by Gasteiger charge is 2.71. The Balaban J connectivity index is 1.57.